The van der Waals surface area contributed by atoms with Crippen molar-refractivity contribution in [2.75, 3.05) is 26.3 Å². The molecule has 1 aliphatic heterocycles. The molecule has 4 nitrogen and oxygen atoms in total. The number of carbonyl (C=O) groups excluding carboxylic acids is 1. The largest absolute Gasteiger partial charge is 0.381 e. The first-order valence-electron chi connectivity index (χ1n) is 5.75. The zero-order chi connectivity index (χ0) is 11.3. The Balaban J connectivity index is 2.49. The van der Waals surface area contributed by atoms with E-state index in [0.717, 1.165) is 26.0 Å². The molecular formula is C11H22N2O2. The van der Waals surface area contributed by atoms with Crippen LogP contribution in [0.5, 0.6) is 0 Å². The summed E-state index contributed by atoms with van der Waals surface area (Å²) in [6.45, 7) is 6.81. The Hall–Kier alpha value is -0.610. The van der Waals surface area contributed by atoms with E-state index in [1.165, 1.54) is 0 Å². The highest BCUT2D eigenvalue weighted by molar-refractivity contribution is 5.79. The SMILES string of the molecule is CC(C)N(CCCN)C(=O)C1CCOC1. The van der Waals surface area contributed by atoms with Crippen LogP contribution in [0.15, 0.2) is 0 Å². The summed E-state index contributed by atoms with van der Waals surface area (Å²) in [6, 6.07) is 0.254. The molecule has 0 aromatic rings. The van der Waals surface area contributed by atoms with Crippen LogP contribution >= 0.6 is 0 Å². The monoisotopic (exact) mass is 214 g/mol. The van der Waals surface area contributed by atoms with Gasteiger partial charge in [0, 0.05) is 19.2 Å². The van der Waals surface area contributed by atoms with Crippen LogP contribution in [0.1, 0.15) is 26.7 Å². The first kappa shape index (κ1) is 12.5. The van der Waals surface area contributed by atoms with Crippen molar-refractivity contribution in [2.45, 2.75) is 32.7 Å². The summed E-state index contributed by atoms with van der Waals surface area (Å²) in [5.41, 5.74) is 5.47. The summed E-state index contributed by atoms with van der Waals surface area (Å²) in [5, 5.41) is 0. The highest BCUT2D eigenvalue weighted by Gasteiger charge is 2.28. The summed E-state index contributed by atoms with van der Waals surface area (Å²) in [7, 11) is 0. The van der Waals surface area contributed by atoms with E-state index in [1.54, 1.807) is 0 Å². The van der Waals surface area contributed by atoms with Gasteiger partial charge in [0.05, 0.1) is 12.5 Å². The van der Waals surface area contributed by atoms with Crippen molar-refractivity contribution < 1.29 is 9.53 Å². The molecule has 1 saturated heterocycles. The van der Waals surface area contributed by atoms with Gasteiger partial charge >= 0.3 is 0 Å². The quantitative estimate of drug-likeness (QED) is 0.729. The molecule has 0 bridgehead atoms. The molecule has 1 fully saturated rings. The summed E-state index contributed by atoms with van der Waals surface area (Å²) in [5.74, 6) is 0.307. The lowest BCUT2D eigenvalue weighted by Gasteiger charge is -2.28. The summed E-state index contributed by atoms with van der Waals surface area (Å²) in [4.78, 5) is 14.0. The molecule has 1 unspecified atom stereocenters. The van der Waals surface area contributed by atoms with Crippen molar-refractivity contribution in [1.29, 1.82) is 0 Å². The minimum absolute atomic E-state index is 0.0742. The standard InChI is InChI=1S/C11H22N2O2/c1-9(2)13(6-3-5-12)11(14)10-4-7-15-8-10/h9-10H,3-8,12H2,1-2H3. The molecule has 0 saturated carbocycles. The van der Waals surface area contributed by atoms with E-state index in [2.05, 4.69) is 0 Å². The first-order chi connectivity index (χ1) is 7.16. The molecule has 1 amide bonds. The molecule has 1 atom stereocenters. The van der Waals surface area contributed by atoms with E-state index in [1.807, 2.05) is 18.7 Å². The average molecular weight is 214 g/mol. The van der Waals surface area contributed by atoms with Crippen molar-refractivity contribution in [3.05, 3.63) is 0 Å². The Labute approximate surface area is 91.8 Å². The first-order valence-corrected chi connectivity index (χ1v) is 5.75. The lowest BCUT2D eigenvalue weighted by atomic mass is 10.1. The topological polar surface area (TPSA) is 55.6 Å². The lowest BCUT2D eigenvalue weighted by molar-refractivity contribution is -0.137. The van der Waals surface area contributed by atoms with Gasteiger partial charge in [-0.15, -0.1) is 0 Å². The van der Waals surface area contributed by atoms with Crippen LogP contribution in [0, 0.1) is 5.92 Å². The lowest BCUT2D eigenvalue weighted by Crippen LogP contribution is -2.42. The third-order valence-corrected chi connectivity index (χ3v) is 2.79. The van der Waals surface area contributed by atoms with Gasteiger partial charge in [0.15, 0.2) is 0 Å². The second kappa shape index (κ2) is 6.08. The maximum Gasteiger partial charge on any atom is 0.228 e. The van der Waals surface area contributed by atoms with Crippen molar-refractivity contribution in [3.8, 4) is 0 Å². The van der Waals surface area contributed by atoms with E-state index in [0.29, 0.717) is 13.2 Å². The number of hydrogen-bond donors (Lipinski definition) is 1. The van der Waals surface area contributed by atoms with Gasteiger partial charge in [-0.1, -0.05) is 0 Å². The fourth-order valence-corrected chi connectivity index (χ4v) is 1.85. The molecular weight excluding hydrogens is 192 g/mol. The van der Waals surface area contributed by atoms with Gasteiger partial charge in [0.1, 0.15) is 0 Å². The van der Waals surface area contributed by atoms with Crippen molar-refractivity contribution in [1.82, 2.24) is 4.90 Å². The van der Waals surface area contributed by atoms with Crippen molar-refractivity contribution >= 4 is 5.91 Å². The van der Waals surface area contributed by atoms with E-state index >= 15 is 0 Å². The van der Waals surface area contributed by atoms with Gasteiger partial charge < -0.3 is 15.4 Å². The van der Waals surface area contributed by atoms with Crippen LogP contribution in [0.4, 0.5) is 0 Å². The van der Waals surface area contributed by atoms with Crippen molar-refractivity contribution in [3.63, 3.8) is 0 Å². The molecule has 0 aliphatic carbocycles. The van der Waals surface area contributed by atoms with Gasteiger partial charge in [-0.2, -0.15) is 0 Å². The highest BCUT2D eigenvalue weighted by atomic mass is 16.5. The van der Waals surface area contributed by atoms with Crippen LogP contribution in [0.3, 0.4) is 0 Å². The molecule has 1 rings (SSSR count). The Morgan fingerprint density at radius 3 is 2.80 bits per heavy atom. The van der Waals surface area contributed by atoms with Crippen LogP contribution in [-0.4, -0.2) is 43.2 Å². The maximum atomic E-state index is 12.1. The Morgan fingerprint density at radius 2 is 2.33 bits per heavy atom. The zero-order valence-corrected chi connectivity index (χ0v) is 9.74. The molecule has 1 aliphatic rings. The van der Waals surface area contributed by atoms with Gasteiger partial charge in [-0.3, -0.25) is 4.79 Å². The van der Waals surface area contributed by atoms with Crippen LogP contribution < -0.4 is 5.73 Å². The predicted octanol–water partition coefficient (Wildman–Crippen LogP) is 0.609. The molecule has 4 heteroatoms. The summed E-state index contributed by atoms with van der Waals surface area (Å²) < 4.78 is 5.24. The van der Waals surface area contributed by atoms with Gasteiger partial charge in [-0.25, -0.2) is 0 Å². The number of ether oxygens (including phenoxy) is 1. The fraction of sp³-hybridized carbons (Fsp3) is 0.909. The molecule has 0 spiro atoms. The summed E-state index contributed by atoms with van der Waals surface area (Å²) in [6.07, 6.45) is 1.74. The molecule has 0 radical (unpaired) electrons. The zero-order valence-electron chi connectivity index (χ0n) is 9.74. The van der Waals surface area contributed by atoms with Gasteiger partial charge in [0.25, 0.3) is 0 Å². The van der Waals surface area contributed by atoms with Crippen molar-refractivity contribution in [2.24, 2.45) is 11.7 Å². The number of carbonyl (C=O) groups is 1. The summed E-state index contributed by atoms with van der Waals surface area (Å²) >= 11 is 0. The molecule has 1 heterocycles. The number of nitrogens with zero attached hydrogens (tertiary/aromatic N) is 1. The number of hydrogen-bond acceptors (Lipinski definition) is 3. The van der Waals surface area contributed by atoms with Crippen LogP contribution in [0.25, 0.3) is 0 Å². The Bertz CT molecular complexity index is 201. The Morgan fingerprint density at radius 1 is 1.60 bits per heavy atom. The van der Waals surface area contributed by atoms with E-state index < -0.39 is 0 Å². The molecule has 88 valence electrons. The number of rotatable bonds is 5. The van der Waals surface area contributed by atoms with Crippen LogP contribution in [0.2, 0.25) is 0 Å². The number of amides is 1. The normalized spacial score (nSPS) is 20.9. The average Bonchev–Trinajstić information content (AvgIpc) is 2.70. The van der Waals surface area contributed by atoms with E-state index in [4.69, 9.17) is 10.5 Å². The Kier molecular flexibility index (Phi) is 5.05. The molecule has 2 N–H and O–H groups in total. The third-order valence-electron chi connectivity index (χ3n) is 2.79. The smallest absolute Gasteiger partial charge is 0.228 e. The molecule has 15 heavy (non-hydrogen) atoms. The maximum absolute atomic E-state index is 12.1. The van der Waals surface area contributed by atoms with Gasteiger partial charge in [0.2, 0.25) is 5.91 Å². The second-order valence-electron chi connectivity index (χ2n) is 4.33. The predicted molar refractivity (Wildman–Crippen MR) is 59.4 cm³/mol. The number of nitrogens with two attached hydrogens (primary N) is 1. The third kappa shape index (κ3) is 3.47. The van der Waals surface area contributed by atoms with E-state index in [-0.39, 0.29) is 17.9 Å². The van der Waals surface area contributed by atoms with Gasteiger partial charge in [-0.05, 0) is 33.2 Å². The molecule has 0 aromatic carbocycles. The second-order valence-corrected chi connectivity index (χ2v) is 4.33. The minimum Gasteiger partial charge on any atom is -0.381 e. The fourth-order valence-electron chi connectivity index (χ4n) is 1.85. The molecule has 0 aromatic heterocycles. The van der Waals surface area contributed by atoms with Crippen LogP contribution in [-0.2, 0) is 9.53 Å². The highest BCUT2D eigenvalue weighted by Crippen LogP contribution is 2.17. The minimum atomic E-state index is 0.0742. The van der Waals surface area contributed by atoms with E-state index in [9.17, 15) is 4.79 Å².